The highest BCUT2D eigenvalue weighted by Gasteiger charge is 2.37. The molecular weight excluding hydrogens is 242 g/mol. The average molecular weight is 259 g/mol. The molecule has 96 valence electrons. The first-order chi connectivity index (χ1) is 8.09. The van der Waals surface area contributed by atoms with Gasteiger partial charge in [0.25, 0.3) is 0 Å². The second kappa shape index (κ2) is 4.75. The Morgan fingerprint density at radius 2 is 2.29 bits per heavy atom. The quantitative estimate of drug-likeness (QED) is 0.783. The van der Waals surface area contributed by atoms with Gasteiger partial charge in [-0.15, -0.1) is 0 Å². The van der Waals surface area contributed by atoms with Crippen molar-refractivity contribution in [3.63, 3.8) is 0 Å². The third kappa shape index (κ3) is 2.51. The lowest BCUT2D eigenvalue weighted by atomic mass is 10.6. The summed E-state index contributed by atoms with van der Waals surface area (Å²) in [4.78, 5) is 0.208. The Bertz CT molecular complexity index is 479. The molecule has 0 saturated heterocycles. The fourth-order valence-electron chi connectivity index (χ4n) is 1.82. The van der Waals surface area contributed by atoms with Crippen LogP contribution in [0, 0.1) is 0 Å². The standard InChI is InChI=1S/C10H17N3O3S/c1-2-13(9-3-4-9)17(15,16)10-7-11-12(8-10)5-6-14/h7-9,14H,2-6H2,1H3. The molecule has 17 heavy (non-hydrogen) atoms. The van der Waals surface area contributed by atoms with Crippen molar-refractivity contribution in [3.05, 3.63) is 12.4 Å². The van der Waals surface area contributed by atoms with Gasteiger partial charge in [-0.1, -0.05) is 6.92 Å². The number of aliphatic hydroxyl groups is 1. The van der Waals surface area contributed by atoms with Crippen molar-refractivity contribution in [3.8, 4) is 0 Å². The van der Waals surface area contributed by atoms with E-state index in [0.717, 1.165) is 12.8 Å². The molecule has 1 fully saturated rings. The van der Waals surface area contributed by atoms with Crippen LogP contribution in [-0.2, 0) is 16.6 Å². The van der Waals surface area contributed by atoms with E-state index in [1.54, 1.807) is 0 Å². The third-order valence-corrected chi connectivity index (χ3v) is 4.79. The number of hydrogen-bond acceptors (Lipinski definition) is 4. The molecule has 0 aromatic carbocycles. The lowest BCUT2D eigenvalue weighted by Gasteiger charge is -2.18. The number of aromatic nitrogens is 2. The first-order valence-electron chi connectivity index (χ1n) is 5.74. The van der Waals surface area contributed by atoms with Crippen molar-refractivity contribution in [1.82, 2.24) is 14.1 Å². The minimum Gasteiger partial charge on any atom is -0.394 e. The van der Waals surface area contributed by atoms with Crippen LogP contribution in [0.25, 0.3) is 0 Å². The molecule has 0 unspecified atom stereocenters. The van der Waals surface area contributed by atoms with Crippen LogP contribution in [-0.4, -0.2) is 46.8 Å². The Hall–Kier alpha value is -0.920. The molecule has 1 saturated carbocycles. The molecule has 7 heteroatoms. The number of hydrogen-bond donors (Lipinski definition) is 1. The van der Waals surface area contributed by atoms with Gasteiger partial charge >= 0.3 is 0 Å². The maximum Gasteiger partial charge on any atom is 0.246 e. The fourth-order valence-corrected chi connectivity index (χ4v) is 3.47. The number of sulfonamides is 1. The fraction of sp³-hybridized carbons (Fsp3) is 0.700. The van der Waals surface area contributed by atoms with E-state index in [1.807, 2.05) is 6.92 Å². The predicted molar refractivity (Wildman–Crippen MR) is 61.9 cm³/mol. The smallest absolute Gasteiger partial charge is 0.246 e. The molecule has 1 aromatic heterocycles. The third-order valence-electron chi connectivity index (χ3n) is 2.81. The molecule has 6 nitrogen and oxygen atoms in total. The Morgan fingerprint density at radius 1 is 1.59 bits per heavy atom. The maximum atomic E-state index is 12.3. The summed E-state index contributed by atoms with van der Waals surface area (Å²) < 4.78 is 27.5. The van der Waals surface area contributed by atoms with Crippen molar-refractivity contribution < 1.29 is 13.5 Å². The van der Waals surface area contributed by atoms with Crippen molar-refractivity contribution in [2.45, 2.75) is 37.2 Å². The van der Waals surface area contributed by atoms with E-state index in [-0.39, 0.29) is 17.5 Å². The SMILES string of the molecule is CCN(C1CC1)S(=O)(=O)c1cnn(CCO)c1. The molecule has 1 N–H and O–H groups in total. The van der Waals surface area contributed by atoms with Gasteiger partial charge < -0.3 is 5.11 Å². The first kappa shape index (κ1) is 12.5. The van der Waals surface area contributed by atoms with Crippen molar-refractivity contribution >= 4 is 10.0 Å². The molecule has 1 aliphatic carbocycles. The minimum absolute atomic E-state index is 0.0543. The highest BCUT2D eigenvalue weighted by Crippen LogP contribution is 2.31. The van der Waals surface area contributed by atoms with Crippen LogP contribution in [0.15, 0.2) is 17.3 Å². The van der Waals surface area contributed by atoms with Gasteiger partial charge in [-0.3, -0.25) is 4.68 Å². The number of nitrogens with zero attached hydrogens (tertiary/aromatic N) is 3. The van der Waals surface area contributed by atoms with E-state index < -0.39 is 10.0 Å². The molecule has 0 aliphatic heterocycles. The van der Waals surface area contributed by atoms with E-state index in [1.165, 1.54) is 21.4 Å². The van der Waals surface area contributed by atoms with E-state index in [4.69, 9.17) is 5.11 Å². The highest BCUT2D eigenvalue weighted by molar-refractivity contribution is 7.89. The summed E-state index contributed by atoms with van der Waals surface area (Å²) in [6.45, 7) is 2.58. The van der Waals surface area contributed by atoms with E-state index in [0.29, 0.717) is 13.1 Å². The van der Waals surface area contributed by atoms with Crippen LogP contribution >= 0.6 is 0 Å². The Labute approximate surface area is 101 Å². The van der Waals surface area contributed by atoms with Gasteiger partial charge in [-0.25, -0.2) is 8.42 Å². The van der Waals surface area contributed by atoms with Crippen molar-refractivity contribution in [2.24, 2.45) is 0 Å². The summed E-state index contributed by atoms with van der Waals surface area (Å²) in [5.74, 6) is 0. The summed E-state index contributed by atoms with van der Waals surface area (Å²) in [5, 5.41) is 12.7. The van der Waals surface area contributed by atoms with Crippen LogP contribution in [0.5, 0.6) is 0 Å². The summed E-state index contributed by atoms with van der Waals surface area (Å²) in [6, 6.07) is 0.159. The molecule has 2 rings (SSSR count). The van der Waals surface area contributed by atoms with Crippen LogP contribution in [0.2, 0.25) is 0 Å². The predicted octanol–water partition coefficient (Wildman–Crippen LogP) is 0.0484. The van der Waals surface area contributed by atoms with E-state index >= 15 is 0 Å². The zero-order valence-electron chi connectivity index (χ0n) is 9.78. The molecule has 0 radical (unpaired) electrons. The maximum absolute atomic E-state index is 12.3. The lowest BCUT2D eigenvalue weighted by molar-refractivity contribution is 0.269. The van der Waals surface area contributed by atoms with Gasteiger partial charge in [-0.2, -0.15) is 9.40 Å². The van der Waals surface area contributed by atoms with Gasteiger partial charge in [0, 0.05) is 18.8 Å². The molecular formula is C10H17N3O3S. The van der Waals surface area contributed by atoms with Crippen LogP contribution < -0.4 is 0 Å². The second-order valence-electron chi connectivity index (χ2n) is 4.10. The first-order valence-corrected chi connectivity index (χ1v) is 7.18. The summed E-state index contributed by atoms with van der Waals surface area (Å²) in [6.07, 6.45) is 4.70. The monoisotopic (exact) mass is 259 g/mol. The lowest BCUT2D eigenvalue weighted by Crippen LogP contribution is -2.32. The molecule has 1 aliphatic rings. The zero-order chi connectivity index (χ0) is 12.5. The summed E-state index contributed by atoms with van der Waals surface area (Å²) in [5.41, 5.74) is 0. The van der Waals surface area contributed by atoms with Gasteiger partial charge in [0.15, 0.2) is 0 Å². The van der Waals surface area contributed by atoms with Crippen molar-refractivity contribution in [2.75, 3.05) is 13.2 Å². The summed E-state index contributed by atoms with van der Waals surface area (Å²) in [7, 11) is -3.42. The van der Waals surface area contributed by atoms with Crippen LogP contribution in [0.4, 0.5) is 0 Å². The number of aliphatic hydroxyl groups excluding tert-OH is 1. The van der Waals surface area contributed by atoms with Crippen LogP contribution in [0.3, 0.4) is 0 Å². The highest BCUT2D eigenvalue weighted by atomic mass is 32.2. The van der Waals surface area contributed by atoms with Gasteiger partial charge in [0.05, 0.1) is 19.3 Å². The Balaban J connectivity index is 2.23. The van der Waals surface area contributed by atoms with Gasteiger partial charge in [0.1, 0.15) is 4.90 Å². The van der Waals surface area contributed by atoms with Crippen LogP contribution in [0.1, 0.15) is 19.8 Å². The molecule has 1 aromatic rings. The summed E-state index contributed by atoms with van der Waals surface area (Å²) >= 11 is 0. The normalized spacial score (nSPS) is 16.6. The van der Waals surface area contributed by atoms with Gasteiger partial charge in [0.2, 0.25) is 10.0 Å². The molecule has 1 heterocycles. The minimum atomic E-state index is -3.42. The number of rotatable bonds is 6. The van der Waals surface area contributed by atoms with E-state index in [9.17, 15) is 8.42 Å². The zero-order valence-corrected chi connectivity index (χ0v) is 10.6. The second-order valence-corrected chi connectivity index (χ2v) is 5.99. The average Bonchev–Trinajstić information content (AvgIpc) is 2.97. The van der Waals surface area contributed by atoms with E-state index in [2.05, 4.69) is 5.10 Å². The van der Waals surface area contributed by atoms with Gasteiger partial charge in [-0.05, 0) is 12.8 Å². The molecule has 0 amide bonds. The topological polar surface area (TPSA) is 75.4 Å². The Kier molecular flexibility index (Phi) is 3.50. The Morgan fingerprint density at radius 3 is 2.82 bits per heavy atom. The molecule has 0 bridgehead atoms. The molecule has 0 spiro atoms. The molecule has 0 atom stereocenters. The largest absolute Gasteiger partial charge is 0.394 e. The van der Waals surface area contributed by atoms with Crippen molar-refractivity contribution in [1.29, 1.82) is 0 Å².